The van der Waals surface area contributed by atoms with Crippen LogP contribution in [-0.2, 0) is 0 Å². The maximum absolute atomic E-state index is 12.3. The fraction of sp³-hybridized carbons (Fsp3) is 0.231. The van der Waals surface area contributed by atoms with Crippen LogP contribution in [0.5, 0.6) is 17.2 Å². The zero-order valence-corrected chi connectivity index (χ0v) is 19.1. The molecule has 3 aromatic rings. The number of carbonyl (C=O) groups is 1. The van der Waals surface area contributed by atoms with Crippen molar-refractivity contribution in [2.75, 3.05) is 6.61 Å². The monoisotopic (exact) mass is 460 g/mol. The highest BCUT2D eigenvalue weighted by molar-refractivity contribution is 7.12. The first kappa shape index (κ1) is 22.4. The molecule has 0 saturated heterocycles. The van der Waals surface area contributed by atoms with Crippen molar-refractivity contribution in [2.24, 2.45) is 5.73 Å². The number of allylic oxidation sites excluding steroid dienone is 1. The molecule has 1 aliphatic rings. The highest BCUT2D eigenvalue weighted by atomic mass is 32.1. The van der Waals surface area contributed by atoms with Gasteiger partial charge in [-0.3, -0.25) is 0 Å². The summed E-state index contributed by atoms with van der Waals surface area (Å²) >= 11 is 1.31. The fourth-order valence-electron chi connectivity index (χ4n) is 3.69. The van der Waals surface area contributed by atoms with Gasteiger partial charge >= 0.3 is 5.97 Å². The van der Waals surface area contributed by atoms with Crippen LogP contribution >= 0.6 is 11.3 Å². The Kier molecular flexibility index (Phi) is 6.96. The Labute approximate surface area is 196 Å². The van der Waals surface area contributed by atoms with E-state index in [0.717, 1.165) is 36.1 Å². The molecule has 33 heavy (non-hydrogen) atoms. The van der Waals surface area contributed by atoms with Crippen molar-refractivity contribution in [1.82, 2.24) is 0 Å². The van der Waals surface area contributed by atoms with Crippen LogP contribution in [0.4, 0.5) is 0 Å². The Bertz CT molecular complexity index is 1190. The third kappa shape index (κ3) is 5.02. The Morgan fingerprint density at radius 1 is 1.15 bits per heavy atom. The summed E-state index contributed by atoms with van der Waals surface area (Å²) in [6.45, 7) is 2.83. The Morgan fingerprint density at radius 2 is 1.94 bits per heavy atom. The van der Waals surface area contributed by atoms with Crippen LogP contribution in [0.3, 0.4) is 0 Å². The second-order valence-corrected chi connectivity index (χ2v) is 8.56. The molecule has 2 N–H and O–H groups in total. The first-order chi connectivity index (χ1) is 16.1. The van der Waals surface area contributed by atoms with Crippen molar-refractivity contribution in [1.29, 1.82) is 5.26 Å². The number of benzene rings is 2. The van der Waals surface area contributed by atoms with Crippen LogP contribution in [0.15, 0.2) is 71.4 Å². The zero-order valence-electron chi connectivity index (χ0n) is 18.2. The number of ether oxygens (including phenoxy) is 3. The summed E-state index contributed by atoms with van der Waals surface area (Å²) in [5.74, 6) is 0.788. The number of rotatable bonds is 8. The van der Waals surface area contributed by atoms with E-state index in [9.17, 15) is 10.1 Å². The lowest BCUT2D eigenvalue weighted by Gasteiger charge is -2.26. The molecule has 1 aromatic heterocycles. The molecular weight excluding hydrogens is 436 g/mol. The maximum Gasteiger partial charge on any atom is 0.353 e. The van der Waals surface area contributed by atoms with E-state index in [2.05, 4.69) is 13.0 Å². The molecule has 0 radical (unpaired) electrons. The lowest BCUT2D eigenvalue weighted by molar-refractivity contribution is 0.0739. The smallest absolute Gasteiger partial charge is 0.353 e. The van der Waals surface area contributed by atoms with E-state index in [1.807, 2.05) is 29.6 Å². The van der Waals surface area contributed by atoms with Gasteiger partial charge in [0.25, 0.3) is 0 Å². The number of esters is 1. The minimum Gasteiger partial charge on any atom is -0.494 e. The minimum absolute atomic E-state index is 0.0385. The number of unbranched alkanes of at least 4 members (excludes halogenated alkanes) is 2. The fourth-order valence-corrected chi connectivity index (χ4v) is 4.29. The summed E-state index contributed by atoms with van der Waals surface area (Å²) in [6.07, 6.45) is 3.30. The minimum atomic E-state index is -0.437. The van der Waals surface area contributed by atoms with Crippen molar-refractivity contribution in [2.45, 2.75) is 32.1 Å². The largest absolute Gasteiger partial charge is 0.494 e. The number of hydrogen-bond acceptors (Lipinski definition) is 7. The number of nitrogens with zero attached hydrogens (tertiary/aromatic N) is 1. The quantitative estimate of drug-likeness (QED) is 0.261. The molecule has 1 aliphatic heterocycles. The molecule has 1 unspecified atom stereocenters. The van der Waals surface area contributed by atoms with Crippen LogP contribution in [0.2, 0.25) is 0 Å². The van der Waals surface area contributed by atoms with Gasteiger partial charge in [0.15, 0.2) is 0 Å². The van der Waals surface area contributed by atoms with Gasteiger partial charge in [0.2, 0.25) is 5.88 Å². The second kappa shape index (κ2) is 10.2. The topological polar surface area (TPSA) is 94.6 Å². The summed E-state index contributed by atoms with van der Waals surface area (Å²) in [5.41, 5.74) is 8.09. The van der Waals surface area contributed by atoms with Crippen molar-refractivity contribution in [3.63, 3.8) is 0 Å². The van der Waals surface area contributed by atoms with Gasteiger partial charge in [-0.25, -0.2) is 4.79 Å². The molecule has 0 saturated carbocycles. The lowest BCUT2D eigenvalue weighted by Crippen LogP contribution is -2.21. The van der Waals surface area contributed by atoms with Gasteiger partial charge in [-0.1, -0.05) is 44.0 Å². The van der Waals surface area contributed by atoms with E-state index in [1.165, 1.54) is 11.3 Å². The predicted octanol–water partition coefficient (Wildman–Crippen LogP) is 5.75. The second-order valence-electron chi connectivity index (χ2n) is 7.62. The van der Waals surface area contributed by atoms with E-state index >= 15 is 0 Å². The Morgan fingerprint density at radius 3 is 2.64 bits per heavy atom. The highest BCUT2D eigenvalue weighted by Gasteiger charge is 2.31. The summed E-state index contributed by atoms with van der Waals surface area (Å²) in [7, 11) is 0. The van der Waals surface area contributed by atoms with Gasteiger partial charge in [0, 0.05) is 11.6 Å². The maximum atomic E-state index is 12.3. The molecule has 0 bridgehead atoms. The third-order valence-electron chi connectivity index (χ3n) is 5.35. The van der Waals surface area contributed by atoms with Crippen LogP contribution in [0.1, 0.15) is 52.9 Å². The van der Waals surface area contributed by atoms with Gasteiger partial charge < -0.3 is 19.9 Å². The van der Waals surface area contributed by atoms with E-state index < -0.39 is 11.9 Å². The van der Waals surface area contributed by atoms with Crippen LogP contribution in [0.25, 0.3) is 0 Å². The summed E-state index contributed by atoms with van der Waals surface area (Å²) < 4.78 is 17.0. The highest BCUT2D eigenvalue weighted by Crippen LogP contribution is 2.43. The summed E-state index contributed by atoms with van der Waals surface area (Å²) in [5, 5.41) is 11.6. The Hall–Kier alpha value is -3.76. The van der Waals surface area contributed by atoms with Crippen LogP contribution in [0, 0.1) is 11.3 Å². The third-order valence-corrected chi connectivity index (χ3v) is 6.20. The van der Waals surface area contributed by atoms with Crippen molar-refractivity contribution >= 4 is 17.3 Å². The molecule has 0 amide bonds. The molecule has 6 nitrogen and oxygen atoms in total. The van der Waals surface area contributed by atoms with E-state index in [0.29, 0.717) is 28.6 Å². The van der Waals surface area contributed by atoms with Gasteiger partial charge in [-0.05, 0) is 41.6 Å². The SMILES string of the molecule is CCCCCOc1ccc(C2C(C#N)=C(N)Oc3cc(OC(=O)c4cccs4)ccc32)cc1. The average Bonchev–Trinajstić information content (AvgIpc) is 3.37. The van der Waals surface area contributed by atoms with E-state index in [4.69, 9.17) is 19.9 Å². The molecular formula is C26H24N2O4S. The van der Waals surface area contributed by atoms with Gasteiger partial charge in [-0.2, -0.15) is 5.26 Å². The van der Waals surface area contributed by atoms with Crippen molar-refractivity contribution < 1.29 is 19.0 Å². The molecule has 0 fully saturated rings. The van der Waals surface area contributed by atoms with Gasteiger partial charge in [0.05, 0.1) is 12.5 Å². The Balaban J connectivity index is 1.58. The molecule has 0 aliphatic carbocycles. The number of carbonyl (C=O) groups excluding carboxylic acids is 1. The lowest BCUT2D eigenvalue weighted by atomic mass is 9.83. The molecule has 2 heterocycles. The van der Waals surface area contributed by atoms with Gasteiger partial charge in [0.1, 0.15) is 33.8 Å². The van der Waals surface area contributed by atoms with Gasteiger partial charge in [-0.15, -0.1) is 11.3 Å². The number of thiophene rings is 1. The zero-order chi connectivity index (χ0) is 23.2. The van der Waals surface area contributed by atoms with Crippen LogP contribution < -0.4 is 19.9 Å². The van der Waals surface area contributed by atoms with E-state index in [1.54, 1.807) is 30.3 Å². The number of nitriles is 1. The first-order valence-corrected chi connectivity index (χ1v) is 11.7. The normalized spacial score (nSPS) is 14.7. The molecule has 0 spiro atoms. The molecule has 168 valence electrons. The molecule has 1 atom stereocenters. The molecule has 2 aromatic carbocycles. The number of fused-ring (bicyclic) bond motifs is 1. The standard InChI is InChI=1S/C26H24N2O4S/c1-2-3-4-13-30-18-9-7-17(8-10-18)24-20-12-11-19(31-26(29)23-6-5-14-33-23)15-22(20)32-25(28)21(24)16-27/h5-12,14-15,24H,2-4,13,28H2,1H3. The van der Waals surface area contributed by atoms with Crippen molar-refractivity contribution in [3.05, 3.63) is 87.4 Å². The van der Waals surface area contributed by atoms with Crippen LogP contribution in [-0.4, -0.2) is 12.6 Å². The van der Waals surface area contributed by atoms with E-state index in [-0.39, 0.29) is 5.88 Å². The average molecular weight is 461 g/mol. The number of nitrogens with two attached hydrogens (primary N) is 1. The molecule has 7 heteroatoms. The predicted molar refractivity (Wildman–Crippen MR) is 126 cm³/mol. The summed E-state index contributed by atoms with van der Waals surface area (Å²) in [6, 6.07) is 18.5. The summed E-state index contributed by atoms with van der Waals surface area (Å²) in [4.78, 5) is 12.8. The first-order valence-electron chi connectivity index (χ1n) is 10.8. The number of hydrogen-bond donors (Lipinski definition) is 1. The van der Waals surface area contributed by atoms with Crippen molar-refractivity contribution in [3.8, 4) is 23.3 Å². The molecule has 4 rings (SSSR count).